The van der Waals surface area contributed by atoms with Crippen LogP contribution in [0.4, 0.5) is 5.82 Å². The first-order valence-corrected chi connectivity index (χ1v) is 9.70. The lowest BCUT2D eigenvalue weighted by molar-refractivity contribution is 0.187. The number of rotatable bonds is 2. The van der Waals surface area contributed by atoms with Crippen molar-refractivity contribution in [2.45, 2.75) is 31.7 Å². The molecule has 3 aromatic rings. The van der Waals surface area contributed by atoms with E-state index in [4.69, 9.17) is 4.98 Å². The standard InChI is InChI=1S/C21H24N4O/c26-21-17-8-4-3-7-16(17)20-18(22-21)9-10-19(23-20)25-13-11-24(12-14-25)15-5-1-2-6-15/h3-4,7-10,15H,1-2,5-6,11-14H2,(H,22,26). The van der Waals surface area contributed by atoms with E-state index < -0.39 is 0 Å². The second kappa shape index (κ2) is 6.40. The number of aromatic nitrogens is 2. The lowest BCUT2D eigenvalue weighted by Crippen LogP contribution is -2.50. The number of nitrogens with zero attached hydrogens (tertiary/aromatic N) is 3. The fraction of sp³-hybridized carbons (Fsp3) is 0.429. The Kier molecular flexibility index (Phi) is 3.89. The van der Waals surface area contributed by atoms with Crippen molar-refractivity contribution in [3.8, 4) is 0 Å². The third kappa shape index (κ3) is 2.67. The van der Waals surface area contributed by atoms with Gasteiger partial charge >= 0.3 is 0 Å². The van der Waals surface area contributed by atoms with Gasteiger partial charge in [-0.2, -0.15) is 0 Å². The van der Waals surface area contributed by atoms with Crippen molar-refractivity contribution >= 4 is 27.6 Å². The molecule has 2 aromatic heterocycles. The Hall–Kier alpha value is -2.40. The van der Waals surface area contributed by atoms with Gasteiger partial charge in [0.1, 0.15) is 5.82 Å². The van der Waals surface area contributed by atoms with Crippen molar-refractivity contribution < 1.29 is 0 Å². The number of nitrogens with one attached hydrogen (secondary N) is 1. The summed E-state index contributed by atoms with van der Waals surface area (Å²) in [5.74, 6) is 1.01. The normalized spacial score (nSPS) is 19.6. The van der Waals surface area contributed by atoms with E-state index in [-0.39, 0.29) is 5.56 Å². The Morgan fingerprint density at radius 3 is 2.42 bits per heavy atom. The average Bonchev–Trinajstić information content (AvgIpc) is 3.23. The van der Waals surface area contributed by atoms with Gasteiger partial charge in [-0.15, -0.1) is 0 Å². The topological polar surface area (TPSA) is 52.2 Å². The number of H-pyrrole nitrogens is 1. The first kappa shape index (κ1) is 15.8. The van der Waals surface area contributed by atoms with Crippen LogP contribution in [0.15, 0.2) is 41.2 Å². The van der Waals surface area contributed by atoms with Crippen LogP contribution in [0.25, 0.3) is 21.8 Å². The molecule has 0 radical (unpaired) electrons. The van der Waals surface area contributed by atoms with E-state index >= 15 is 0 Å². The second-order valence-corrected chi connectivity index (χ2v) is 7.53. The Morgan fingerprint density at radius 1 is 0.923 bits per heavy atom. The van der Waals surface area contributed by atoms with Gasteiger partial charge in [-0.3, -0.25) is 9.69 Å². The molecule has 0 spiro atoms. The fourth-order valence-electron chi connectivity index (χ4n) is 4.59. The first-order chi connectivity index (χ1) is 12.8. The minimum Gasteiger partial charge on any atom is -0.354 e. The summed E-state index contributed by atoms with van der Waals surface area (Å²) in [6, 6.07) is 12.6. The summed E-state index contributed by atoms with van der Waals surface area (Å²) < 4.78 is 0. The first-order valence-electron chi connectivity index (χ1n) is 9.70. The smallest absolute Gasteiger partial charge is 0.256 e. The summed E-state index contributed by atoms with van der Waals surface area (Å²) in [4.78, 5) is 25.2. The zero-order valence-corrected chi connectivity index (χ0v) is 14.9. The van der Waals surface area contributed by atoms with Crippen LogP contribution in [-0.2, 0) is 0 Å². The van der Waals surface area contributed by atoms with E-state index in [1.165, 1.54) is 25.7 Å². The maximum absolute atomic E-state index is 12.2. The Balaban J connectivity index is 1.45. The molecule has 0 unspecified atom stereocenters. The molecular formula is C21H24N4O. The number of piperazine rings is 1. The Labute approximate surface area is 152 Å². The van der Waals surface area contributed by atoms with Crippen molar-refractivity contribution in [2.24, 2.45) is 0 Å². The molecule has 5 rings (SSSR count). The minimum atomic E-state index is -0.0483. The van der Waals surface area contributed by atoms with E-state index in [9.17, 15) is 4.79 Å². The van der Waals surface area contributed by atoms with Crippen LogP contribution in [0.1, 0.15) is 25.7 Å². The Morgan fingerprint density at radius 2 is 1.65 bits per heavy atom. The van der Waals surface area contributed by atoms with Crippen molar-refractivity contribution in [1.29, 1.82) is 0 Å². The van der Waals surface area contributed by atoms with Crippen molar-refractivity contribution in [3.05, 3.63) is 46.8 Å². The van der Waals surface area contributed by atoms with Crippen LogP contribution in [0.3, 0.4) is 0 Å². The molecule has 26 heavy (non-hydrogen) atoms. The SMILES string of the molecule is O=c1[nH]c2ccc(N3CCN(C4CCCC4)CC3)nc2c2ccccc12. The quantitative estimate of drug-likeness (QED) is 0.723. The summed E-state index contributed by atoms with van der Waals surface area (Å²) >= 11 is 0. The van der Waals surface area contributed by atoms with Gasteiger partial charge in [-0.05, 0) is 31.0 Å². The molecule has 1 saturated heterocycles. The largest absolute Gasteiger partial charge is 0.354 e. The second-order valence-electron chi connectivity index (χ2n) is 7.53. The molecule has 2 fully saturated rings. The predicted molar refractivity (Wildman–Crippen MR) is 106 cm³/mol. The van der Waals surface area contributed by atoms with Gasteiger partial charge in [-0.1, -0.05) is 31.0 Å². The summed E-state index contributed by atoms with van der Waals surface area (Å²) in [6.07, 6.45) is 5.52. The van der Waals surface area contributed by atoms with E-state index in [0.717, 1.165) is 54.5 Å². The van der Waals surface area contributed by atoms with Gasteiger partial charge in [-0.25, -0.2) is 4.98 Å². The van der Waals surface area contributed by atoms with Gasteiger partial charge < -0.3 is 9.88 Å². The third-order valence-corrected chi connectivity index (χ3v) is 6.03. The van der Waals surface area contributed by atoms with Crippen molar-refractivity contribution in [3.63, 3.8) is 0 Å². The fourth-order valence-corrected chi connectivity index (χ4v) is 4.59. The molecule has 1 aromatic carbocycles. The molecule has 0 bridgehead atoms. The summed E-state index contributed by atoms with van der Waals surface area (Å²) in [7, 11) is 0. The highest BCUT2D eigenvalue weighted by molar-refractivity contribution is 6.03. The number of benzene rings is 1. The number of hydrogen-bond donors (Lipinski definition) is 1. The van der Waals surface area contributed by atoms with Crippen molar-refractivity contribution in [2.75, 3.05) is 31.1 Å². The van der Waals surface area contributed by atoms with Crippen LogP contribution in [0, 0.1) is 0 Å². The molecule has 5 heteroatoms. The summed E-state index contributed by atoms with van der Waals surface area (Å²) in [5, 5.41) is 1.63. The maximum Gasteiger partial charge on any atom is 0.256 e. The zero-order chi connectivity index (χ0) is 17.5. The van der Waals surface area contributed by atoms with Crippen LogP contribution < -0.4 is 10.5 Å². The number of fused-ring (bicyclic) bond motifs is 3. The molecule has 3 heterocycles. The van der Waals surface area contributed by atoms with Crippen LogP contribution in [0.2, 0.25) is 0 Å². The number of hydrogen-bond acceptors (Lipinski definition) is 4. The monoisotopic (exact) mass is 348 g/mol. The molecule has 0 atom stereocenters. The minimum absolute atomic E-state index is 0.0483. The highest BCUT2D eigenvalue weighted by Crippen LogP contribution is 2.26. The number of anilines is 1. The van der Waals surface area contributed by atoms with Gasteiger partial charge in [0.25, 0.3) is 5.56 Å². The molecule has 2 aliphatic rings. The summed E-state index contributed by atoms with van der Waals surface area (Å²) in [5.41, 5.74) is 1.64. The average molecular weight is 348 g/mol. The highest BCUT2D eigenvalue weighted by Gasteiger charge is 2.26. The van der Waals surface area contributed by atoms with Crippen LogP contribution in [0.5, 0.6) is 0 Å². The molecular weight excluding hydrogens is 324 g/mol. The lowest BCUT2D eigenvalue weighted by atomic mass is 10.1. The maximum atomic E-state index is 12.2. The highest BCUT2D eigenvalue weighted by atomic mass is 16.1. The van der Waals surface area contributed by atoms with Gasteiger partial charge in [0.05, 0.1) is 11.0 Å². The van der Waals surface area contributed by atoms with Crippen LogP contribution in [-0.4, -0.2) is 47.1 Å². The van der Waals surface area contributed by atoms with Crippen molar-refractivity contribution in [1.82, 2.24) is 14.9 Å². The third-order valence-electron chi connectivity index (χ3n) is 6.03. The number of pyridine rings is 2. The molecule has 1 N–H and O–H groups in total. The lowest BCUT2D eigenvalue weighted by Gasteiger charge is -2.38. The van der Waals surface area contributed by atoms with E-state index in [2.05, 4.69) is 14.8 Å². The molecule has 5 nitrogen and oxygen atoms in total. The zero-order valence-electron chi connectivity index (χ0n) is 14.9. The Bertz CT molecular complexity index is 998. The predicted octanol–water partition coefficient (Wildman–Crippen LogP) is 3.14. The summed E-state index contributed by atoms with van der Waals surface area (Å²) in [6.45, 7) is 4.29. The number of aromatic amines is 1. The van der Waals surface area contributed by atoms with E-state index in [1.807, 2.05) is 36.4 Å². The molecule has 1 aliphatic carbocycles. The molecule has 134 valence electrons. The van der Waals surface area contributed by atoms with Gasteiger partial charge in [0.15, 0.2) is 0 Å². The molecule has 1 saturated carbocycles. The van der Waals surface area contributed by atoms with Gasteiger partial charge in [0.2, 0.25) is 0 Å². The molecule has 1 aliphatic heterocycles. The van der Waals surface area contributed by atoms with E-state index in [1.54, 1.807) is 0 Å². The van der Waals surface area contributed by atoms with E-state index in [0.29, 0.717) is 5.39 Å². The molecule has 0 amide bonds. The van der Waals surface area contributed by atoms with Crippen LogP contribution >= 0.6 is 0 Å². The van der Waals surface area contributed by atoms with Gasteiger partial charge in [0, 0.05) is 43.0 Å².